The predicted octanol–water partition coefficient (Wildman–Crippen LogP) is 3.58. The van der Waals surface area contributed by atoms with Crippen LogP contribution in [0, 0.1) is 0 Å². The third kappa shape index (κ3) is 6.12. The predicted molar refractivity (Wildman–Crippen MR) is 118 cm³/mol. The van der Waals surface area contributed by atoms with E-state index < -0.39 is 0 Å². The number of anilines is 1. The number of ether oxygens (including phenoxy) is 2. The number of nitrogens with zero attached hydrogens (tertiary/aromatic N) is 2. The Bertz CT molecular complexity index is 788. The van der Waals surface area contributed by atoms with Gasteiger partial charge in [-0.1, -0.05) is 12.1 Å². The molecule has 1 N–H and O–H groups in total. The zero-order chi connectivity index (χ0) is 21.4. The third-order valence-electron chi connectivity index (χ3n) is 4.68. The summed E-state index contributed by atoms with van der Waals surface area (Å²) in [5.41, 5.74) is 2.85. The van der Waals surface area contributed by atoms with Gasteiger partial charge in [0, 0.05) is 31.9 Å². The molecule has 1 atom stereocenters. The maximum absolute atomic E-state index is 12.7. The number of amides is 1. The zero-order valence-electron chi connectivity index (χ0n) is 18.4. The summed E-state index contributed by atoms with van der Waals surface area (Å²) in [4.78, 5) is 16.9. The van der Waals surface area contributed by atoms with Crippen LogP contribution in [0.1, 0.15) is 35.8 Å². The maximum atomic E-state index is 12.7. The van der Waals surface area contributed by atoms with Crippen LogP contribution in [-0.4, -0.2) is 58.8 Å². The second-order valence-corrected chi connectivity index (χ2v) is 7.20. The first-order chi connectivity index (χ1) is 13.9. The standard InChI is InChI=1S/C23H33N3O3/c1-7-28-21-14-11-18(15-22(21)29-8-2)23(27)24-16-20(26(5)6)17-9-12-19(13-10-17)25(3)4/h9-15,20H,7-8,16H2,1-6H3,(H,24,27)/t20-/m1/s1. The van der Waals surface area contributed by atoms with E-state index in [1.165, 1.54) is 0 Å². The second kappa shape index (κ2) is 10.7. The number of rotatable bonds is 10. The minimum atomic E-state index is -0.134. The molecule has 0 radical (unpaired) electrons. The van der Waals surface area contributed by atoms with Crippen molar-refractivity contribution in [1.29, 1.82) is 0 Å². The molecule has 2 aromatic rings. The molecule has 0 aliphatic carbocycles. The summed E-state index contributed by atoms with van der Waals surface area (Å²) in [6.07, 6.45) is 0. The SMILES string of the molecule is CCOc1ccc(C(=O)NC[C@H](c2ccc(N(C)C)cc2)N(C)C)cc1OCC. The van der Waals surface area contributed by atoms with Crippen molar-refractivity contribution in [2.75, 3.05) is 52.8 Å². The average Bonchev–Trinajstić information content (AvgIpc) is 2.69. The lowest BCUT2D eigenvalue weighted by Crippen LogP contribution is -2.34. The average molecular weight is 400 g/mol. The van der Waals surface area contributed by atoms with Gasteiger partial charge in [0.05, 0.1) is 19.3 Å². The highest BCUT2D eigenvalue weighted by atomic mass is 16.5. The molecule has 2 aromatic carbocycles. The van der Waals surface area contributed by atoms with Crippen molar-refractivity contribution >= 4 is 11.6 Å². The van der Waals surface area contributed by atoms with E-state index in [0.29, 0.717) is 36.8 Å². The van der Waals surface area contributed by atoms with Crippen LogP contribution in [0.25, 0.3) is 0 Å². The lowest BCUT2D eigenvalue weighted by Gasteiger charge is -2.26. The van der Waals surface area contributed by atoms with Gasteiger partial charge >= 0.3 is 0 Å². The van der Waals surface area contributed by atoms with E-state index in [2.05, 4.69) is 39.4 Å². The third-order valence-corrected chi connectivity index (χ3v) is 4.68. The highest BCUT2D eigenvalue weighted by molar-refractivity contribution is 5.94. The van der Waals surface area contributed by atoms with Crippen molar-refractivity contribution in [1.82, 2.24) is 10.2 Å². The number of likely N-dealkylation sites (N-methyl/N-ethyl adjacent to an activating group) is 1. The maximum Gasteiger partial charge on any atom is 0.251 e. The topological polar surface area (TPSA) is 54.0 Å². The lowest BCUT2D eigenvalue weighted by atomic mass is 10.0. The fraction of sp³-hybridized carbons (Fsp3) is 0.435. The van der Waals surface area contributed by atoms with Crippen molar-refractivity contribution in [3.8, 4) is 11.5 Å². The molecule has 0 bridgehead atoms. The summed E-state index contributed by atoms with van der Waals surface area (Å²) in [5, 5.41) is 3.05. The molecule has 0 aromatic heterocycles. The van der Waals surface area contributed by atoms with Gasteiger partial charge in [-0.2, -0.15) is 0 Å². The van der Waals surface area contributed by atoms with E-state index >= 15 is 0 Å². The van der Waals surface area contributed by atoms with Gasteiger partial charge in [0.25, 0.3) is 5.91 Å². The Balaban J connectivity index is 2.11. The van der Waals surface area contributed by atoms with Gasteiger partial charge in [-0.3, -0.25) is 4.79 Å². The van der Waals surface area contributed by atoms with Crippen molar-refractivity contribution in [3.63, 3.8) is 0 Å². The number of hydrogen-bond acceptors (Lipinski definition) is 5. The number of hydrogen-bond donors (Lipinski definition) is 1. The highest BCUT2D eigenvalue weighted by Crippen LogP contribution is 2.28. The van der Waals surface area contributed by atoms with Gasteiger partial charge in [-0.15, -0.1) is 0 Å². The molecule has 0 aliphatic rings. The molecule has 6 heteroatoms. The van der Waals surface area contributed by atoms with Crippen LogP contribution in [0.4, 0.5) is 5.69 Å². The van der Waals surface area contributed by atoms with Crippen molar-refractivity contribution in [2.45, 2.75) is 19.9 Å². The first kappa shape index (κ1) is 22.6. The van der Waals surface area contributed by atoms with Crippen LogP contribution in [-0.2, 0) is 0 Å². The highest BCUT2D eigenvalue weighted by Gasteiger charge is 2.17. The van der Waals surface area contributed by atoms with Crippen LogP contribution >= 0.6 is 0 Å². The van der Waals surface area contributed by atoms with Gasteiger partial charge in [0.2, 0.25) is 0 Å². The summed E-state index contributed by atoms with van der Waals surface area (Å²) in [6.45, 7) is 5.39. The van der Waals surface area contributed by atoms with Crippen molar-refractivity contribution in [2.24, 2.45) is 0 Å². The van der Waals surface area contributed by atoms with Gasteiger partial charge in [-0.25, -0.2) is 0 Å². The fourth-order valence-electron chi connectivity index (χ4n) is 3.08. The molecular formula is C23H33N3O3. The van der Waals surface area contributed by atoms with Crippen molar-refractivity contribution in [3.05, 3.63) is 53.6 Å². The van der Waals surface area contributed by atoms with Gasteiger partial charge in [0.15, 0.2) is 11.5 Å². The molecule has 0 heterocycles. The van der Waals surface area contributed by atoms with Crippen molar-refractivity contribution < 1.29 is 14.3 Å². The Morgan fingerprint density at radius 1 is 0.931 bits per heavy atom. The summed E-state index contributed by atoms with van der Waals surface area (Å²) >= 11 is 0. The minimum absolute atomic E-state index is 0.0734. The largest absolute Gasteiger partial charge is 0.490 e. The molecule has 1 amide bonds. The summed E-state index contributed by atoms with van der Waals surface area (Å²) in [5.74, 6) is 1.11. The Kier molecular flexibility index (Phi) is 8.34. The summed E-state index contributed by atoms with van der Waals surface area (Å²) in [7, 11) is 8.07. The molecule has 0 saturated heterocycles. The van der Waals surface area contributed by atoms with Crippen LogP contribution in [0.3, 0.4) is 0 Å². The number of carbonyl (C=O) groups excluding carboxylic acids is 1. The van der Waals surface area contributed by atoms with E-state index in [0.717, 1.165) is 11.3 Å². The molecule has 6 nitrogen and oxygen atoms in total. The lowest BCUT2D eigenvalue weighted by molar-refractivity contribution is 0.0941. The minimum Gasteiger partial charge on any atom is -0.490 e. The molecular weight excluding hydrogens is 366 g/mol. The van der Waals surface area contributed by atoms with Crippen LogP contribution < -0.4 is 19.7 Å². The van der Waals surface area contributed by atoms with Crippen LogP contribution in [0.15, 0.2) is 42.5 Å². The number of nitrogens with one attached hydrogen (secondary N) is 1. The first-order valence-corrected chi connectivity index (χ1v) is 9.98. The van der Waals surface area contributed by atoms with Gasteiger partial charge < -0.3 is 24.6 Å². The number of carbonyl (C=O) groups is 1. The molecule has 0 spiro atoms. The van der Waals surface area contributed by atoms with E-state index in [1.54, 1.807) is 18.2 Å². The molecule has 29 heavy (non-hydrogen) atoms. The van der Waals surface area contributed by atoms with Crippen LogP contribution in [0.2, 0.25) is 0 Å². The first-order valence-electron chi connectivity index (χ1n) is 9.98. The molecule has 2 rings (SSSR count). The second-order valence-electron chi connectivity index (χ2n) is 7.20. The zero-order valence-corrected chi connectivity index (χ0v) is 18.4. The Morgan fingerprint density at radius 3 is 2.10 bits per heavy atom. The van der Waals surface area contributed by atoms with Gasteiger partial charge in [-0.05, 0) is 63.8 Å². The molecule has 0 aliphatic heterocycles. The van der Waals surface area contributed by atoms with Gasteiger partial charge in [0.1, 0.15) is 0 Å². The van der Waals surface area contributed by atoms with E-state index in [-0.39, 0.29) is 11.9 Å². The molecule has 0 saturated carbocycles. The molecule has 158 valence electrons. The summed E-state index contributed by atoms with van der Waals surface area (Å²) in [6, 6.07) is 13.8. The molecule has 0 fully saturated rings. The number of benzene rings is 2. The monoisotopic (exact) mass is 399 g/mol. The molecule has 0 unspecified atom stereocenters. The smallest absolute Gasteiger partial charge is 0.251 e. The normalized spacial score (nSPS) is 11.8. The fourth-order valence-corrected chi connectivity index (χ4v) is 3.08. The van der Waals surface area contributed by atoms with E-state index in [1.807, 2.05) is 42.0 Å². The Hall–Kier alpha value is -2.73. The van der Waals surface area contributed by atoms with E-state index in [9.17, 15) is 4.79 Å². The Morgan fingerprint density at radius 2 is 1.55 bits per heavy atom. The van der Waals surface area contributed by atoms with E-state index in [4.69, 9.17) is 9.47 Å². The Labute approximate surface area is 174 Å². The quantitative estimate of drug-likeness (QED) is 0.662. The summed E-state index contributed by atoms with van der Waals surface area (Å²) < 4.78 is 11.2. The van der Waals surface area contributed by atoms with Crippen LogP contribution in [0.5, 0.6) is 11.5 Å².